The van der Waals surface area contributed by atoms with Crippen molar-refractivity contribution in [1.82, 2.24) is 0 Å². The Morgan fingerprint density at radius 3 is 2.33 bits per heavy atom. The highest BCUT2D eigenvalue weighted by Crippen LogP contribution is 2.20. The Labute approximate surface area is 96.7 Å². The van der Waals surface area contributed by atoms with Gasteiger partial charge in [-0.25, -0.2) is 0 Å². The Hall–Kier alpha value is -0.440. The van der Waals surface area contributed by atoms with Gasteiger partial charge >= 0.3 is 7.12 Å². The van der Waals surface area contributed by atoms with Crippen molar-refractivity contribution in [2.75, 3.05) is 0 Å². The summed E-state index contributed by atoms with van der Waals surface area (Å²) in [5.74, 6) is 0. The van der Waals surface area contributed by atoms with Gasteiger partial charge in [-0.05, 0) is 11.5 Å². The monoisotopic (exact) mass is 224 g/mol. The highest BCUT2D eigenvalue weighted by atomic mass is 35.5. The SMILES string of the molecule is CC(C)(C)Bc1cc(B(O)O)ccc1Cl. The van der Waals surface area contributed by atoms with E-state index >= 15 is 0 Å². The molecule has 1 aromatic rings. The fraction of sp³-hybridized carbons (Fsp3) is 0.400. The van der Waals surface area contributed by atoms with E-state index in [1.54, 1.807) is 18.2 Å². The molecule has 5 heteroatoms. The van der Waals surface area contributed by atoms with Gasteiger partial charge in [0.05, 0.1) is 0 Å². The average Bonchev–Trinajstić information content (AvgIpc) is 2.06. The van der Waals surface area contributed by atoms with Crippen LogP contribution in [0, 0.1) is 0 Å². The third-order valence-electron chi connectivity index (χ3n) is 2.09. The molecule has 0 aliphatic carbocycles. The van der Waals surface area contributed by atoms with Crippen LogP contribution in [0.5, 0.6) is 0 Å². The smallest absolute Gasteiger partial charge is 0.423 e. The lowest BCUT2D eigenvalue weighted by molar-refractivity contribution is 0.426. The molecule has 0 aliphatic rings. The lowest BCUT2D eigenvalue weighted by Crippen LogP contribution is -2.35. The second kappa shape index (κ2) is 4.60. The van der Waals surface area contributed by atoms with Crippen molar-refractivity contribution in [3.05, 3.63) is 23.2 Å². The minimum atomic E-state index is -1.43. The number of benzene rings is 1. The molecular formula is C10H15B2ClO2. The zero-order valence-electron chi connectivity index (χ0n) is 9.29. The van der Waals surface area contributed by atoms with E-state index in [-0.39, 0.29) is 5.31 Å². The largest absolute Gasteiger partial charge is 0.488 e. The molecule has 80 valence electrons. The van der Waals surface area contributed by atoms with Crippen molar-refractivity contribution in [3.63, 3.8) is 0 Å². The van der Waals surface area contributed by atoms with E-state index in [2.05, 4.69) is 20.8 Å². The zero-order valence-corrected chi connectivity index (χ0v) is 10.0. The first kappa shape index (κ1) is 12.6. The van der Waals surface area contributed by atoms with Crippen molar-refractivity contribution in [2.24, 2.45) is 0 Å². The van der Waals surface area contributed by atoms with Gasteiger partial charge in [-0.2, -0.15) is 0 Å². The van der Waals surface area contributed by atoms with Crippen molar-refractivity contribution < 1.29 is 10.0 Å². The zero-order chi connectivity index (χ0) is 11.6. The van der Waals surface area contributed by atoms with Gasteiger partial charge in [0, 0.05) is 5.02 Å². The van der Waals surface area contributed by atoms with E-state index in [0.717, 1.165) is 12.7 Å². The molecule has 1 aromatic carbocycles. The van der Waals surface area contributed by atoms with E-state index in [1.165, 1.54) is 0 Å². The van der Waals surface area contributed by atoms with Gasteiger partial charge in [-0.15, -0.1) is 0 Å². The summed E-state index contributed by atoms with van der Waals surface area (Å²) in [7, 11) is -0.618. The normalized spacial score (nSPS) is 11.3. The first-order valence-corrected chi connectivity index (χ1v) is 5.32. The van der Waals surface area contributed by atoms with Gasteiger partial charge in [-0.3, -0.25) is 0 Å². The van der Waals surface area contributed by atoms with Crippen LogP contribution in [0.15, 0.2) is 18.2 Å². The van der Waals surface area contributed by atoms with Gasteiger partial charge in [-0.1, -0.05) is 55.3 Å². The molecule has 0 aliphatic heterocycles. The first-order valence-electron chi connectivity index (χ1n) is 4.94. The van der Waals surface area contributed by atoms with E-state index in [9.17, 15) is 0 Å². The Morgan fingerprint density at radius 2 is 1.87 bits per heavy atom. The molecule has 0 unspecified atom stereocenters. The summed E-state index contributed by atoms with van der Waals surface area (Å²) in [6.07, 6.45) is 0. The van der Waals surface area contributed by atoms with Crippen LogP contribution >= 0.6 is 11.6 Å². The molecule has 0 fully saturated rings. The fourth-order valence-corrected chi connectivity index (χ4v) is 1.65. The van der Waals surface area contributed by atoms with Crippen molar-refractivity contribution >= 4 is 36.9 Å². The molecule has 0 radical (unpaired) electrons. The van der Waals surface area contributed by atoms with E-state index in [0.29, 0.717) is 10.5 Å². The molecule has 2 N–H and O–H groups in total. The molecule has 0 spiro atoms. The topological polar surface area (TPSA) is 40.5 Å². The summed E-state index contributed by atoms with van der Waals surface area (Å²) < 4.78 is 0. The fourth-order valence-electron chi connectivity index (χ4n) is 1.46. The molecule has 0 amide bonds. The van der Waals surface area contributed by atoms with Crippen LogP contribution in [-0.4, -0.2) is 24.4 Å². The van der Waals surface area contributed by atoms with Crippen molar-refractivity contribution in [3.8, 4) is 0 Å². The lowest BCUT2D eigenvalue weighted by atomic mass is 9.51. The second-order valence-corrected chi connectivity index (χ2v) is 5.37. The molecule has 0 bridgehead atoms. The van der Waals surface area contributed by atoms with Crippen molar-refractivity contribution in [2.45, 2.75) is 26.1 Å². The van der Waals surface area contributed by atoms with Gasteiger partial charge in [0.1, 0.15) is 0 Å². The molecule has 0 saturated heterocycles. The standard InChI is InChI=1S/C10H15B2ClO2/c1-10(2,3)11-8-6-7(12(14)15)4-5-9(8)13/h4-6,11,14-15H,1-3H3. The lowest BCUT2D eigenvalue weighted by Gasteiger charge is -2.17. The Balaban J connectivity index is 3.01. The van der Waals surface area contributed by atoms with E-state index in [1.807, 2.05) is 0 Å². The predicted octanol–water partition coefficient (Wildman–Crippen LogP) is 0.300. The summed E-state index contributed by atoms with van der Waals surface area (Å²) in [5, 5.41) is 18.9. The van der Waals surface area contributed by atoms with E-state index in [4.69, 9.17) is 21.6 Å². The van der Waals surface area contributed by atoms with Crippen LogP contribution in [0.4, 0.5) is 0 Å². The first-order chi connectivity index (χ1) is 6.79. The Kier molecular flexibility index (Phi) is 3.87. The van der Waals surface area contributed by atoms with Gasteiger partial charge in [0.2, 0.25) is 0 Å². The number of hydrogen-bond donors (Lipinski definition) is 2. The Bertz CT molecular complexity index is 348. The van der Waals surface area contributed by atoms with Crippen LogP contribution in [0.2, 0.25) is 10.3 Å². The van der Waals surface area contributed by atoms with Crippen LogP contribution in [0.1, 0.15) is 20.8 Å². The number of halogens is 1. The number of rotatable bonds is 2. The van der Waals surface area contributed by atoms with E-state index < -0.39 is 7.12 Å². The van der Waals surface area contributed by atoms with Gasteiger partial charge in [0.25, 0.3) is 0 Å². The molecule has 0 aromatic heterocycles. The maximum absolute atomic E-state index is 9.05. The molecule has 1 rings (SSSR count). The van der Waals surface area contributed by atoms with Crippen LogP contribution in [-0.2, 0) is 0 Å². The van der Waals surface area contributed by atoms with Gasteiger partial charge in [0.15, 0.2) is 7.28 Å². The Morgan fingerprint density at radius 1 is 1.27 bits per heavy atom. The summed E-state index contributed by atoms with van der Waals surface area (Å²) >= 11 is 6.04. The maximum atomic E-state index is 9.05. The van der Waals surface area contributed by atoms with Crippen LogP contribution in [0.3, 0.4) is 0 Å². The summed E-state index contributed by atoms with van der Waals surface area (Å²) in [6.45, 7) is 6.35. The van der Waals surface area contributed by atoms with Crippen molar-refractivity contribution in [1.29, 1.82) is 0 Å². The van der Waals surface area contributed by atoms with Crippen LogP contribution in [0.25, 0.3) is 0 Å². The molecular weight excluding hydrogens is 209 g/mol. The molecule has 2 nitrogen and oxygen atoms in total. The quantitative estimate of drug-likeness (QED) is 0.709. The second-order valence-electron chi connectivity index (χ2n) is 4.96. The molecule has 0 saturated carbocycles. The highest BCUT2D eigenvalue weighted by Gasteiger charge is 2.18. The third kappa shape index (κ3) is 3.90. The summed E-state index contributed by atoms with van der Waals surface area (Å²) in [5.41, 5.74) is 1.44. The maximum Gasteiger partial charge on any atom is 0.488 e. The van der Waals surface area contributed by atoms with Gasteiger partial charge < -0.3 is 10.0 Å². The third-order valence-corrected chi connectivity index (χ3v) is 2.46. The number of hydrogen-bond acceptors (Lipinski definition) is 2. The molecule has 0 atom stereocenters. The molecule has 0 heterocycles. The van der Waals surface area contributed by atoms with Crippen LogP contribution < -0.4 is 10.9 Å². The molecule has 15 heavy (non-hydrogen) atoms. The predicted molar refractivity (Wildman–Crippen MR) is 67.8 cm³/mol. The minimum Gasteiger partial charge on any atom is -0.423 e. The average molecular weight is 224 g/mol. The minimum absolute atomic E-state index is 0.128. The summed E-state index contributed by atoms with van der Waals surface area (Å²) in [4.78, 5) is 0. The summed E-state index contributed by atoms with van der Waals surface area (Å²) in [6, 6.07) is 5.08. The highest BCUT2D eigenvalue weighted by molar-refractivity contribution is 6.64.